The molecule has 2 aromatic heterocycles. The van der Waals surface area contributed by atoms with E-state index >= 15 is 0 Å². The molecule has 0 aromatic carbocycles. The molecule has 0 amide bonds. The topological polar surface area (TPSA) is 41.2 Å². The monoisotopic (exact) mass is 275 g/mol. The van der Waals surface area contributed by atoms with Crippen molar-refractivity contribution in [3.8, 4) is 0 Å². The molecule has 0 saturated carbocycles. The van der Waals surface area contributed by atoms with Crippen LogP contribution in [0, 0.1) is 6.92 Å². The van der Waals surface area contributed by atoms with Gasteiger partial charge >= 0.3 is 0 Å². The largest absolute Gasteiger partial charge is 0.372 e. The van der Waals surface area contributed by atoms with Crippen LogP contribution in [-0.4, -0.2) is 35.3 Å². The zero-order chi connectivity index (χ0) is 14.7. The van der Waals surface area contributed by atoms with Gasteiger partial charge in [-0.05, 0) is 32.4 Å². The summed E-state index contributed by atoms with van der Waals surface area (Å²) < 4.78 is 5.77. The van der Waals surface area contributed by atoms with Crippen molar-refractivity contribution in [3.05, 3.63) is 24.0 Å². The highest BCUT2D eigenvalue weighted by Gasteiger charge is 2.22. The van der Waals surface area contributed by atoms with Gasteiger partial charge in [-0.3, -0.25) is 0 Å². The molecule has 1 aliphatic rings. The highest BCUT2D eigenvalue weighted by atomic mass is 16.5. The van der Waals surface area contributed by atoms with Crippen LogP contribution in [-0.2, 0) is 4.74 Å². The summed E-state index contributed by atoms with van der Waals surface area (Å²) in [6, 6.07) is 2.22. The number of anilines is 1. The van der Waals surface area contributed by atoms with Gasteiger partial charge in [0.15, 0.2) is 0 Å². The molecule has 1 N–H and O–H groups in total. The van der Waals surface area contributed by atoms with Crippen molar-refractivity contribution in [2.45, 2.75) is 46.8 Å². The number of nitrogens with zero attached hydrogens (tertiary/aromatic N) is 2. The molecular weight excluding hydrogens is 250 g/mol. The number of H-pyrrole nitrogens is 1. The van der Waals surface area contributed by atoms with E-state index in [1.54, 1.807) is 0 Å². The van der Waals surface area contributed by atoms with Gasteiger partial charge in [0.25, 0.3) is 0 Å². The van der Waals surface area contributed by atoms with Crippen LogP contribution in [0.3, 0.4) is 0 Å². The lowest BCUT2D eigenvalue weighted by molar-refractivity contribution is -0.00522. The van der Waals surface area contributed by atoms with Gasteiger partial charge in [-0.2, -0.15) is 0 Å². The Morgan fingerprint density at radius 2 is 1.90 bits per heavy atom. The smallest absolute Gasteiger partial charge is 0.137 e. The minimum Gasteiger partial charge on any atom is -0.372 e. The van der Waals surface area contributed by atoms with E-state index in [0.29, 0.717) is 0 Å². The van der Waals surface area contributed by atoms with Crippen molar-refractivity contribution in [1.29, 1.82) is 0 Å². The third-order valence-electron chi connectivity index (χ3n) is 3.51. The molecule has 0 aliphatic carbocycles. The van der Waals surface area contributed by atoms with E-state index in [1.807, 2.05) is 26.2 Å². The number of aryl methyl sites for hydroxylation is 1. The molecule has 1 aliphatic heterocycles. The average Bonchev–Trinajstić information content (AvgIpc) is 2.81. The summed E-state index contributed by atoms with van der Waals surface area (Å²) in [5.41, 5.74) is 3.39. The number of morpholine rings is 1. The highest BCUT2D eigenvalue weighted by Crippen LogP contribution is 2.24. The fourth-order valence-electron chi connectivity index (χ4n) is 2.69. The van der Waals surface area contributed by atoms with E-state index in [1.165, 1.54) is 16.6 Å². The van der Waals surface area contributed by atoms with Gasteiger partial charge in [-0.25, -0.2) is 4.98 Å². The molecule has 1 unspecified atom stereocenters. The number of rotatable bonds is 1. The second-order valence-corrected chi connectivity index (χ2v) is 5.22. The highest BCUT2D eigenvalue weighted by molar-refractivity contribution is 5.82. The number of fused-ring (bicyclic) bond motifs is 1. The van der Waals surface area contributed by atoms with Gasteiger partial charge in [0.05, 0.1) is 24.1 Å². The standard InChI is InChI=1S/C14H19N3O.C2H6/c1-9-5-15-14-13(9)4-12(6-16-14)17-7-10(2)18-11(3)8-17;1-2/h4-6,10-11H,7-8H2,1-3H3,(H,15,16);1-2H3/t10-,11?;/m1./s1. The van der Waals surface area contributed by atoms with E-state index in [0.717, 1.165) is 18.7 Å². The quantitative estimate of drug-likeness (QED) is 0.866. The minimum atomic E-state index is 0.275. The molecule has 0 radical (unpaired) electrons. The van der Waals surface area contributed by atoms with E-state index in [-0.39, 0.29) is 12.2 Å². The third kappa shape index (κ3) is 2.96. The van der Waals surface area contributed by atoms with Crippen molar-refractivity contribution >= 4 is 16.7 Å². The van der Waals surface area contributed by atoms with Crippen molar-refractivity contribution in [3.63, 3.8) is 0 Å². The molecule has 0 bridgehead atoms. The SMILES string of the molecule is CC.Cc1c[nH]c2ncc(N3CC(C)O[C@H](C)C3)cc12. The van der Waals surface area contributed by atoms with Crippen LogP contribution in [0.25, 0.3) is 11.0 Å². The lowest BCUT2D eigenvalue weighted by Gasteiger charge is -2.36. The van der Waals surface area contributed by atoms with Gasteiger partial charge in [0.2, 0.25) is 0 Å². The Kier molecular flexibility index (Phi) is 4.65. The van der Waals surface area contributed by atoms with E-state index in [4.69, 9.17) is 4.74 Å². The summed E-state index contributed by atoms with van der Waals surface area (Å²) in [4.78, 5) is 10.0. The zero-order valence-electron chi connectivity index (χ0n) is 13.1. The normalized spacial score (nSPS) is 22.6. The predicted octanol–water partition coefficient (Wildman–Crippen LogP) is 3.51. The Hall–Kier alpha value is -1.55. The summed E-state index contributed by atoms with van der Waals surface area (Å²) in [7, 11) is 0. The Labute approximate surface area is 121 Å². The summed E-state index contributed by atoms with van der Waals surface area (Å²) in [5, 5.41) is 1.21. The van der Waals surface area contributed by atoms with Crippen LogP contribution in [0.2, 0.25) is 0 Å². The molecule has 3 rings (SSSR count). The Balaban J connectivity index is 0.000000704. The van der Waals surface area contributed by atoms with Crippen molar-refractivity contribution in [2.75, 3.05) is 18.0 Å². The summed E-state index contributed by atoms with van der Waals surface area (Å²) in [6.07, 6.45) is 4.50. The molecular formula is C16H25N3O. The molecule has 3 heterocycles. The molecule has 110 valence electrons. The fourth-order valence-corrected chi connectivity index (χ4v) is 2.69. The first-order valence-electron chi connectivity index (χ1n) is 7.47. The Morgan fingerprint density at radius 1 is 1.25 bits per heavy atom. The number of aromatic nitrogens is 2. The van der Waals surface area contributed by atoms with Gasteiger partial charge in [0, 0.05) is 24.7 Å². The van der Waals surface area contributed by atoms with Crippen molar-refractivity contribution in [2.24, 2.45) is 0 Å². The molecule has 1 saturated heterocycles. The maximum absolute atomic E-state index is 5.77. The number of hydrogen-bond donors (Lipinski definition) is 1. The average molecular weight is 275 g/mol. The van der Waals surface area contributed by atoms with Crippen LogP contribution in [0.15, 0.2) is 18.5 Å². The number of aromatic amines is 1. The summed E-state index contributed by atoms with van der Waals surface area (Å²) in [5.74, 6) is 0. The number of hydrogen-bond acceptors (Lipinski definition) is 3. The molecule has 2 aromatic rings. The lowest BCUT2D eigenvalue weighted by atomic mass is 10.2. The maximum Gasteiger partial charge on any atom is 0.137 e. The Morgan fingerprint density at radius 3 is 2.55 bits per heavy atom. The second-order valence-electron chi connectivity index (χ2n) is 5.22. The van der Waals surface area contributed by atoms with Crippen molar-refractivity contribution < 1.29 is 4.74 Å². The molecule has 4 heteroatoms. The zero-order valence-corrected chi connectivity index (χ0v) is 13.1. The van der Waals surface area contributed by atoms with Gasteiger partial charge in [0.1, 0.15) is 5.65 Å². The number of nitrogens with one attached hydrogen (secondary N) is 1. The van der Waals surface area contributed by atoms with Crippen LogP contribution in [0.5, 0.6) is 0 Å². The number of ether oxygens (including phenoxy) is 1. The van der Waals surface area contributed by atoms with Gasteiger partial charge in [-0.1, -0.05) is 13.8 Å². The minimum absolute atomic E-state index is 0.275. The van der Waals surface area contributed by atoms with Crippen LogP contribution in [0.1, 0.15) is 33.3 Å². The molecule has 1 fully saturated rings. The van der Waals surface area contributed by atoms with Crippen LogP contribution >= 0.6 is 0 Å². The molecule has 2 atom stereocenters. The molecule has 0 spiro atoms. The first kappa shape index (κ1) is 14.9. The first-order valence-corrected chi connectivity index (χ1v) is 7.47. The van der Waals surface area contributed by atoms with Gasteiger partial charge < -0.3 is 14.6 Å². The first-order chi connectivity index (χ1) is 9.63. The third-order valence-corrected chi connectivity index (χ3v) is 3.51. The number of pyridine rings is 1. The maximum atomic E-state index is 5.77. The van der Waals surface area contributed by atoms with E-state index in [9.17, 15) is 0 Å². The predicted molar refractivity (Wildman–Crippen MR) is 84.4 cm³/mol. The summed E-state index contributed by atoms with van der Waals surface area (Å²) in [6.45, 7) is 12.2. The second kappa shape index (κ2) is 6.27. The van der Waals surface area contributed by atoms with E-state index < -0.39 is 0 Å². The van der Waals surface area contributed by atoms with Crippen LogP contribution in [0.4, 0.5) is 5.69 Å². The van der Waals surface area contributed by atoms with E-state index in [2.05, 4.69) is 41.7 Å². The van der Waals surface area contributed by atoms with Crippen molar-refractivity contribution in [1.82, 2.24) is 9.97 Å². The van der Waals surface area contributed by atoms with Crippen LogP contribution < -0.4 is 4.90 Å². The molecule has 20 heavy (non-hydrogen) atoms. The molecule has 4 nitrogen and oxygen atoms in total. The lowest BCUT2D eigenvalue weighted by Crippen LogP contribution is -2.45. The van der Waals surface area contributed by atoms with Gasteiger partial charge in [-0.15, -0.1) is 0 Å². The fraction of sp³-hybridized carbons (Fsp3) is 0.562. The summed E-state index contributed by atoms with van der Waals surface area (Å²) >= 11 is 0. The Bertz CT molecular complexity index is 554.